The number of hydrogen-bond donors (Lipinski definition) is 1. The summed E-state index contributed by atoms with van der Waals surface area (Å²) in [5.41, 5.74) is -0.0481. The van der Waals surface area contributed by atoms with Crippen LogP contribution in [0.5, 0.6) is 0 Å². The molecular formula is C17H32N4. The third-order valence-corrected chi connectivity index (χ3v) is 3.67. The molecule has 1 rings (SSSR count). The van der Waals surface area contributed by atoms with E-state index < -0.39 is 0 Å². The molecule has 1 aromatic rings. The smallest absolute Gasteiger partial charge is 0.138 e. The molecule has 0 fully saturated rings. The maximum absolute atomic E-state index is 4.79. The van der Waals surface area contributed by atoms with E-state index in [4.69, 9.17) is 4.98 Å². The van der Waals surface area contributed by atoms with Gasteiger partial charge in [0.2, 0.25) is 0 Å². The first-order valence-corrected chi connectivity index (χ1v) is 8.15. The van der Waals surface area contributed by atoms with Gasteiger partial charge in [-0.2, -0.15) is 0 Å². The third kappa shape index (κ3) is 5.18. The molecule has 0 saturated carbocycles. The lowest BCUT2D eigenvalue weighted by Crippen LogP contribution is -2.30. The second-order valence-electron chi connectivity index (χ2n) is 6.86. The van der Waals surface area contributed by atoms with Gasteiger partial charge in [-0.3, -0.25) is 0 Å². The first-order valence-electron chi connectivity index (χ1n) is 8.15. The standard InChI is InChI=1S/C17H32N4/c1-8-10-13(3)21(7)15-12-14(18-11-9-2)19-16(20-15)17(4,5)6/h12-13H,8-11H2,1-7H3,(H,18,19,20). The lowest BCUT2D eigenvalue weighted by atomic mass is 9.95. The number of nitrogens with one attached hydrogen (secondary N) is 1. The summed E-state index contributed by atoms with van der Waals surface area (Å²) in [6, 6.07) is 2.55. The normalized spacial score (nSPS) is 13.1. The van der Waals surface area contributed by atoms with E-state index in [2.05, 4.69) is 69.9 Å². The summed E-state index contributed by atoms with van der Waals surface area (Å²) in [6.07, 6.45) is 3.44. The van der Waals surface area contributed by atoms with Crippen LogP contribution in [0, 0.1) is 0 Å². The van der Waals surface area contributed by atoms with Crippen LogP contribution >= 0.6 is 0 Å². The molecule has 0 bridgehead atoms. The van der Waals surface area contributed by atoms with Gasteiger partial charge in [0.1, 0.15) is 17.5 Å². The summed E-state index contributed by atoms with van der Waals surface area (Å²) < 4.78 is 0. The molecule has 4 heteroatoms. The van der Waals surface area contributed by atoms with E-state index in [0.29, 0.717) is 6.04 Å². The molecule has 0 saturated heterocycles. The van der Waals surface area contributed by atoms with Gasteiger partial charge >= 0.3 is 0 Å². The molecule has 0 aliphatic carbocycles. The Kier molecular flexibility index (Phi) is 6.43. The van der Waals surface area contributed by atoms with Crippen molar-refractivity contribution in [1.82, 2.24) is 9.97 Å². The average Bonchev–Trinajstić information content (AvgIpc) is 2.43. The molecule has 21 heavy (non-hydrogen) atoms. The second kappa shape index (κ2) is 7.62. The summed E-state index contributed by atoms with van der Waals surface area (Å²) >= 11 is 0. The van der Waals surface area contributed by atoms with Gasteiger partial charge in [0.05, 0.1) is 0 Å². The first-order chi connectivity index (χ1) is 9.79. The average molecular weight is 292 g/mol. The van der Waals surface area contributed by atoms with Crippen LogP contribution in [-0.4, -0.2) is 29.6 Å². The van der Waals surface area contributed by atoms with Crippen molar-refractivity contribution in [2.24, 2.45) is 0 Å². The molecule has 0 aliphatic rings. The summed E-state index contributed by atoms with van der Waals surface area (Å²) in [5.74, 6) is 2.84. The van der Waals surface area contributed by atoms with Gasteiger partial charge in [-0.05, 0) is 19.8 Å². The Hall–Kier alpha value is -1.32. The largest absolute Gasteiger partial charge is 0.370 e. The molecule has 0 spiro atoms. The van der Waals surface area contributed by atoms with Crippen LogP contribution in [0.1, 0.15) is 66.6 Å². The van der Waals surface area contributed by atoms with E-state index in [9.17, 15) is 0 Å². The van der Waals surface area contributed by atoms with E-state index >= 15 is 0 Å². The zero-order chi connectivity index (χ0) is 16.0. The topological polar surface area (TPSA) is 41.0 Å². The lowest BCUT2D eigenvalue weighted by molar-refractivity contribution is 0.541. The van der Waals surface area contributed by atoms with Crippen molar-refractivity contribution >= 4 is 11.6 Å². The summed E-state index contributed by atoms with van der Waals surface area (Å²) in [6.45, 7) is 14.0. The van der Waals surface area contributed by atoms with Gasteiger partial charge in [0.15, 0.2) is 0 Å². The van der Waals surface area contributed by atoms with Crippen molar-refractivity contribution in [3.05, 3.63) is 11.9 Å². The zero-order valence-electron chi connectivity index (χ0n) is 14.8. The van der Waals surface area contributed by atoms with E-state index in [0.717, 1.165) is 30.4 Å². The predicted octanol–water partition coefficient (Wildman–Crippen LogP) is 4.22. The Labute approximate surface area is 130 Å². The molecule has 0 aromatic carbocycles. The fourth-order valence-electron chi connectivity index (χ4n) is 2.13. The minimum absolute atomic E-state index is 0.0481. The molecule has 0 amide bonds. The van der Waals surface area contributed by atoms with Crippen molar-refractivity contribution in [2.75, 3.05) is 23.8 Å². The minimum atomic E-state index is -0.0481. The Morgan fingerprint density at radius 3 is 2.38 bits per heavy atom. The number of nitrogens with zero attached hydrogens (tertiary/aromatic N) is 3. The van der Waals surface area contributed by atoms with Crippen LogP contribution in [0.2, 0.25) is 0 Å². The maximum atomic E-state index is 4.79. The van der Waals surface area contributed by atoms with Crippen LogP contribution in [0.3, 0.4) is 0 Å². The number of aromatic nitrogens is 2. The number of rotatable bonds is 7. The third-order valence-electron chi connectivity index (χ3n) is 3.67. The van der Waals surface area contributed by atoms with Crippen molar-refractivity contribution in [3.63, 3.8) is 0 Å². The zero-order valence-corrected chi connectivity index (χ0v) is 14.8. The summed E-state index contributed by atoms with van der Waals surface area (Å²) in [7, 11) is 2.12. The van der Waals surface area contributed by atoms with Gasteiger partial charge in [0, 0.05) is 31.1 Å². The van der Waals surface area contributed by atoms with Crippen LogP contribution in [-0.2, 0) is 5.41 Å². The van der Waals surface area contributed by atoms with Crippen LogP contribution in [0.25, 0.3) is 0 Å². The minimum Gasteiger partial charge on any atom is -0.370 e. The van der Waals surface area contributed by atoms with Gasteiger partial charge in [-0.1, -0.05) is 41.0 Å². The quantitative estimate of drug-likeness (QED) is 0.817. The van der Waals surface area contributed by atoms with E-state index in [1.807, 2.05) is 0 Å². The van der Waals surface area contributed by atoms with Gasteiger partial charge in [0.25, 0.3) is 0 Å². The molecule has 0 radical (unpaired) electrons. The predicted molar refractivity (Wildman–Crippen MR) is 92.3 cm³/mol. The first kappa shape index (κ1) is 17.7. The highest BCUT2D eigenvalue weighted by Crippen LogP contribution is 2.25. The highest BCUT2D eigenvalue weighted by Gasteiger charge is 2.21. The van der Waals surface area contributed by atoms with Crippen LogP contribution < -0.4 is 10.2 Å². The Morgan fingerprint density at radius 2 is 1.86 bits per heavy atom. The fourth-order valence-corrected chi connectivity index (χ4v) is 2.13. The second-order valence-corrected chi connectivity index (χ2v) is 6.86. The van der Waals surface area contributed by atoms with Gasteiger partial charge in [-0.25, -0.2) is 9.97 Å². The van der Waals surface area contributed by atoms with Gasteiger partial charge < -0.3 is 10.2 Å². The molecule has 0 aliphatic heterocycles. The Morgan fingerprint density at radius 1 is 1.19 bits per heavy atom. The summed E-state index contributed by atoms with van der Waals surface area (Å²) in [4.78, 5) is 11.7. The van der Waals surface area contributed by atoms with Crippen LogP contribution in [0.4, 0.5) is 11.6 Å². The number of hydrogen-bond acceptors (Lipinski definition) is 4. The van der Waals surface area contributed by atoms with Crippen LogP contribution in [0.15, 0.2) is 6.07 Å². The highest BCUT2D eigenvalue weighted by atomic mass is 15.2. The molecule has 1 unspecified atom stereocenters. The molecule has 1 heterocycles. The molecule has 1 aromatic heterocycles. The lowest BCUT2D eigenvalue weighted by Gasteiger charge is -2.28. The van der Waals surface area contributed by atoms with Crippen molar-refractivity contribution in [3.8, 4) is 0 Å². The van der Waals surface area contributed by atoms with Crippen molar-refractivity contribution < 1.29 is 0 Å². The summed E-state index contributed by atoms with van der Waals surface area (Å²) in [5, 5.41) is 3.40. The Bertz CT molecular complexity index is 437. The van der Waals surface area contributed by atoms with Gasteiger partial charge in [-0.15, -0.1) is 0 Å². The van der Waals surface area contributed by atoms with E-state index in [1.54, 1.807) is 0 Å². The SMILES string of the molecule is CCCNc1cc(N(C)C(C)CCC)nc(C(C)(C)C)n1. The monoisotopic (exact) mass is 292 g/mol. The Balaban J connectivity index is 3.11. The number of anilines is 2. The van der Waals surface area contributed by atoms with E-state index in [-0.39, 0.29) is 5.41 Å². The molecule has 1 atom stereocenters. The van der Waals surface area contributed by atoms with Crippen molar-refractivity contribution in [2.45, 2.75) is 72.3 Å². The maximum Gasteiger partial charge on any atom is 0.138 e. The van der Waals surface area contributed by atoms with E-state index in [1.165, 1.54) is 12.8 Å². The molecular weight excluding hydrogens is 260 g/mol. The highest BCUT2D eigenvalue weighted by molar-refractivity contribution is 5.50. The molecule has 4 nitrogen and oxygen atoms in total. The fraction of sp³-hybridized carbons (Fsp3) is 0.765. The molecule has 1 N–H and O–H groups in total. The van der Waals surface area contributed by atoms with Crippen molar-refractivity contribution in [1.29, 1.82) is 0 Å². The molecule has 120 valence electrons.